The number of likely N-dealkylation sites (tertiary alicyclic amines) is 1. The van der Waals surface area contributed by atoms with Gasteiger partial charge in [0.05, 0.1) is 0 Å². The summed E-state index contributed by atoms with van der Waals surface area (Å²) in [6.45, 7) is 6.92. The molecule has 0 saturated carbocycles. The van der Waals surface area contributed by atoms with Crippen molar-refractivity contribution in [1.82, 2.24) is 4.90 Å². The summed E-state index contributed by atoms with van der Waals surface area (Å²) in [5, 5.41) is 0. The van der Waals surface area contributed by atoms with E-state index in [1.807, 2.05) is 20.8 Å². The predicted octanol–water partition coefficient (Wildman–Crippen LogP) is 1.06. The molecule has 4 nitrogen and oxygen atoms in total. The van der Waals surface area contributed by atoms with E-state index in [-0.39, 0.29) is 12.1 Å². The Morgan fingerprint density at radius 2 is 2.13 bits per heavy atom. The minimum atomic E-state index is -0.430. The number of hydrogen-bond acceptors (Lipinski definition) is 3. The topological polar surface area (TPSA) is 55.6 Å². The molecule has 0 aromatic carbocycles. The van der Waals surface area contributed by atoms with Gasteiger partial charge in [0, 0.05) is 19.1 Å². The molecule has 1 amide bonds. The lowest BCUT2D eigenvalue weighted by molar-refractivity contribution is 0.0288. The summed E-state index contributed by atoms with van der Waals surface area (Å²) in [5.74, 6) is 0.377. The van der Waals surface area contributed by atoms with Crippen LogP contribution in [0.4, 0.5) is 4.79 Å². The van der Waals surface area contributed by atoms with Gasteiger partial charge in [-0.25, -0.2) is 4.79 Å². The third kappa shape index (κ3) is 3.62. The van der Waals surface area contributed by atoms with Crippen LogP contribution >= 0.6 is 9.24 Å². The number of ether oxygens (including phenoxy) is 1. The molecule has 5 heteroatoms. The Kier molecular flexibility index (Phi) is 3.96. The van der Waals surface area contributed by atoms with Gasteiger partial charge in [-0.3, -0.25) is 0 Å². The normalized spacial score (nSPS) is 26.9. The van der Waals surface area contributed by atoms with Crippen molar-refractivity contribution in [3.8, 4) is 0 Å². The fourth-order valence-corrected chi connectivity index (χ4v) is 2.12. The summed E-state index contributed by atoms with van der Waals surface area (Å²) in [5.41, 5.74) is 5.49. The molecule has 1 saturated heterocycles. The highest BCUT2D eigenvalue weighted by Gasteiger charge is 2.33. The number of nitrogens with zero attached hydrogens (tertiary/aromatic N) is 1. The second-order valence-electron chi connectivity index (χ2n) is 5.04. The van der Waals surface area contributed by atoms with Gasteiger partial charge >= 0.3 is 6.09 Å². The SMILES string of the molecule is CC(C)(C)OC(=O)N1C[C@H](CP)[C@H](N)C1. The summed E-state index contributed by atoms with van der Waals surface area (Å²) in [6.07, 6.45) is 0.680. The molecule has 0 radical (unpaired) electrons. The van der Waals surface area contributed by atoms with Gasteiger partial charge in [0.1, 0.15) is 5.60 Å². The van der Waals surface area contributed by atoms with Gasteiger partial charge in [-0.15, -0.1) is 9.24 Å². The Balaban J connectivity index is 2.50. The molecule has 0 spiro atoms. The Morgan fingerprint density at radius 1 is 1.53 bits per heavy atom. The quantitative estimate of drug-likeness (QED) is 0.688. The zero-order valence-electron chi connectivity index (χ0n) is 9.69. The second-order valence-corrected chi connectivity index (χ2v) is 5.52. The minimum absolute atomic E-state index is 0.0787. The van der Waals surface area contributed by atoms with Crippen LogP contribution in [-0.4, -0.2) is 41.9 Å². The van der Waals surface area contributed by atoms with Crippen molar-refractivity contribution in [2.24, 2.45) is 11.7 Å². The maximum absolute atomic E-state index is 11.7. The lowest BCUT2D eigenvalue weighted by Gasteiger charge is -2.24. The number of rotatable bonds is 1. The van der Waals surface area contributed by atoms with E-state index in [9.17, 15) is 4.79 Å². The standard InChI is InChI=1S/C10H21N2O2P/c1-10(2,3)14-9(13)12-4-7(6-15)8(11)5-12/h7-8H,4-6,11,15H2,1-3H3/t7-,8-/m1/s1. The van der Waals surface area contributed by atoms with Crippen LogP contribution in [0, 0.1) is 5.92 Å². The highest BCUT2D eigenvalue weighted by atomic mass is 31.0. The molecule has 1 fully saturated rings. The van der Waals surface area contributed by atoms with Gasteiger partial charge in [0.15, 0.2) is 0 Å². The first-order chi connectivity index (χ1) is 6.83. The van der Waals surface area contributed by atoms with Crippen LogP contribution in [0.5, 0.6) is 0 Å². The molecule has 0 aromatic heterocycles. The van der Waals surface area contributed by atoms with Gasteiger partial charge in [-0.05, 0) is 32.9 Å². The molecule has 1 unspecified atom stereocenters. The monoisotopic (exact) mass is 232 g/mol. The van der Waals surface area contributed by atoms with E-state index in [4.69, 9.17) is 10.5 Å². The summed E-state index contributed by atoms with van der Waals surface area (Å²) in [4.78, 5) is 13.4. The van der Waals surface area contributed by atoms with Crippen molar-refractivity contribution >= 4 is 15.3 Å². The van der Waals surface area contributed by atoms with Gasteiger partial charge in [-0.1, -0.05) is 0 Å². The van der Waals surface area contributed by atoms with Crippen LogP contribution in [0.2, 0.25) is 0 Å². The molecule has 2 N–H and O–H groups in total. The zero-order valence-corrected chi connectivity index (χ0v) is 10.8. The minimum Gasteiger partial charge on any atom is -0.444 e. The molecule has 0 aromatic rings. The summed E-state index contributed by atoms with van der Waals surface area (Å²) in [6, 6.07) is 0.0787. The van der Waals surface area contributed by atoms with Crippen molar-refractivity contribution in [2.75, 3.05) is 19.3 Å². The fraction of sp³-hybridized carbons (Fsp3) is 0.900. The highest BCUT2D eigenvalue weighted by Crippen LogP contribution is 2.20. The maximum Gasteiger partial charge on any atom is 0.410 e. The fourth-order valence-electron chi connectivity index (χ4n) is 1.62. The Morgan fingerprint density at radius 3 is 2.53 bits per heavy atom. The predicted molar refractivity (Wildman–Crippen MR) is 63.8 cm³/mol. The summed E-state index contributed by atoms with van der Waals surface area (Å²) >= 11 is 0. The number of carbonyl (C=O) groups excluding carboxylic acids is 1. The van der Waals surface area contributed by atoms with E-state index >= 15 is 0 Å². The van der Waals surface area contributed by atoms with E-state index in [1.165, 1.54) is 0 Å². The third-order valence-corrected chi connectivity index (χ3v) is 3.05. The first-order valence-electron chi connectivity index (χ1n) is 5.27. The number of amides is 1. The molecule has 1 rings (SSSR count). The summed E-state index contributed by atoms with van der Waals surface area (Å²) in [7, 11) is 2.68. The third-order valence-electron chi connectivity index (χ3n) is 2.45. The van der Waals surface area contributed by atoms with Crippen LogP contribution in [0.3, 0.4) is 0 Å². The number of nitrogens with two attached hydrogens (primary N) is 1. The smallest absolute Gasteiger partial charge is 0.410 e. The number of hydrogen-bond donors (Lipinski definition) is 1. The van der Waals surface area contributed by atoms with Crippen molar-refractivity contribution in [2.45, 2.75) is 32.4 Å². The van der Waals surface area contributed by atoms with Crippen molar-refractivity contribution in [1.29, 1.82) is 0 Å². The molecule has 88 valence electrons. The molecule has 15 heavy (non-hydrogen) atoms. The van der Waals surface area contributed by atoms with Crippen LogP contribution in [-0.2, 0) is 4.74 Å². The van der Waals surface area contributed by atoms with Gasteiger partial charge in [0.25, 0.3) is 0 Å². The van der Waals surface area contributed by atoms with Crippen molar-refractivity contribution in [3.05, 3.63) is 0 Å². The van der Waals surface area contributed by atoms with Crippen LogP contribution in [0.15, 0.2) is 0 Å². The molecule has 1 aliphatic rings. The van der Waals surface area contributed by atoms with Crippen LogP contribution in [0.25, 0.3) is 0 Å². The van der Waals surface area contributed by atoms with E-state index in [0.29, 0.717) is 19.0 Å². The Labute approximate surface area is 93.7 Å². The first-order valence-corrected chi connectivity index (χ1v) is 6.08. The molecular formula is C10H21N2O2P. The first kappa shape index (κ1) is 12.7. The van der Waals surface area contributed by atoms with E-state index in [0.717, 1.165) is 6.16 Å². The van der Waals surface area contributed by atoms with Crippen molar-refractivity contribution < 1.29 is 9.53 Å². The lowest BCUT2D eigenvalue weighted by atomic mass is 10.1. The van der Waals surface area contributed by atoms with Crippen LogP contribution < -0.4 is 5.73 Å². The van der Waals surface area contributed by atoms with Gasteiger partial charge < -0.3 is 15.4 Å². The molecular weight excluding hydrogens is 211 g/mol. The second kappa shape index (κ2) is 4.67. The molecule has 0 bridgehead atoms. The van der Waals surface area contributed by atoms with E-state index < -0.39 is 5.60 Å². The molecule has 3 atom stereocenters. The van der Waals surface area contributed by atoms with Gasteiger partial charge in [0.2, 0.25) is 0 Å². The molecule has 1 aliphatic heterocycles. The lowest BCUT2D eigenvalue weighted by Crippen LogP contribution is -2.36. The maximum atomic E-state index is 11.7. The molecule has 1 heterocycles. The highest BCUT2D eigenvalue weighted by molar-refractivity contribution is 7.16. The zero-order chi connectivity index (χ0) is 11.6. The summed E-state index contributed by atoms with van der Waals surface area (Å²) < 4.78 is 5.29. The van der Waals surface area contributed by atoms with Crippen LogP contribution in [0.1, 0.15) is 20.8 Å². The number of carbonyl (C=O) groups is 1. The Hall–Kier alpha value is -0.340. The largest absolute Gasteiger partial charge is 0.444 e. The van der Waals surface area contributed by atoms with E-state index in [1.54, 1.807) is 4.90 Å². The average Bonchev–Trinajstić information content (AvgIpc) is 2.43. The molecule has 0 aliphatic carbocycles. The van der Waals surface area contributed by atoms with Crippen molar-refractivity contribution in [3.63, 3.8) is 0 Å². The van der Waals surface area contributed by atoms with Gasteiger partial charge in [-0.2, -0.15) is 0 Å². The van der Waals surface area contributed by atoms with E-state index in [2.05, 4.69) is 9.24 Å². The Bertz CT molecular complexity index is 240. The average molecular weight is 232 g/mol.